The molecule has 0 radical (unpaired) electrons. The maximum absolute atomic E-state index is 5.70. The van der Waals surface area contributed by atoms with Crippen molar-refractivity contribution in [2.75, 3.05) is 7.11 Å². The summed E-state index contributed by atoms with van der Waals surface area (Å²) in [4.78, 5) is 0. The van der Waals surface area contributed by atoms with Gasteiger partial charge in [0.2, 0.25) is 0 Å². The maximum atomic E-state index is 5.70. The van der Waals surface area contributed by atoms with Crippen LogP contribution in [-0.4, -0.2) is 7.11 Å². The molecule has 2 nitrogen and oxygen atoms in total. The van der Waals surface area contributed by atoms with Crippen LogP contribution in [0.25, 0.3) is 11.3 Å². The van der Waals surface area contributed by atoms with Crippen LogP contribution in [0, 0.1) is 0 Å². The van der Waals surface area contributed by atoms with Gasteiger partial charge in [0.1, 0.15) is 5.75 Å². The third kappa shape index (κ3) is 2.53. The molecular formula is C16H19O2+. The highest BCUT2D eigenvalue weighted by Gasteiger charge is 2.20. The van der Waals surface area contributed by atoms with Gasteiger partial charge in [-0.05, 0) is 42.7 Å². The van der Waals surface area contributed by atoms with Gasteiger partial charge < -0.3 is 4.74 Å². The molecule has 0 aliphatic rings. The average molecular weight is 243 g/mol. The van der Waals surface area contributed by atoms with Crippen LogP contribution in [0.15, 0.2) is 47.1 Å². The van der Waals surface area contributed by atoms with Crippen molar-refractivity contribution in [2.24, 2.45) is 0 Å². The van der Waals surface area contributed by atoms with E-state index < -0.39 is 0 Å². The molecule has 1 aromatic carbocycles. The Hall–Kier alpha value is -1.83. The molecule has 1 aromatic heterocycles. The normalized spacial score (nSPS) is 12.2. The Balaban J connectivity index is 2.43. The van der Waals surface area contributed by atoms with Crippen LogP contribution >= 0.6 is 0 Å². The minimum absolute atomic E-state index is 0.493. The van der Waals surface area contributed by atoms with Crippen LogP contribution in [-0.2, 0) is 0 Å². The van der Waals surface area contributed by atoms with Gasteiger partial charge in [0, 0.05) is 6.07 Å². The summed E-state index contributed by atoms with van der Waals surface area (Å²) < 4.78 is 10.9. The van der Waals surface area contributed by atoms with Crippen LogP contribution in [0.1, 0.15) is 31.7 Å². The Morgan fingerprint density at radius 3 is 2.50 bits per heavy atom. The third-order valence-electron chi connectivity index (χ3n) is 3.30. The van der Waals surface area contributed by atoms with E-state index in [0.29, 0.717) is 5.92 Å². The van der Waals surface area contributed by atoms with Gasteiger partial charge >= 0.3 is 12.0 Å². The Bertz CT molecular complexity index is 503. The van der Waals surface area contributed by atoms with E-state index in [1.165, 1.54) is 5.56 Å². The molecule has 0 saturated heterocycles. The van der Waals surface area contributed by atoms with Crippen molar-refractivity contribution >= 4 is 0 Å². The molecule has 1 heterocycles. The average Bonchev–Trinajstić information content (AvgIpc) is 2.46. The van der Waals surface area contributed by atoms with Crippen LogP contribution in [0.3, 0.4) is 0 Å². The lowest BCUT2D eigenvalue weighted by Crippen LogP contribution is -1.95. The van der Waals surface area contributed by atoms with Crippen molar-refractivity contribution in [1.29, 1.82) is 0 Å². The molecule has 0 spiro atoms. The summed E-state index contributed by atoms with van der Waals surface area (Å²) in [5, 5.41) is 0. The van der Waals surface area contributed by atoms with E-state index in [4.69, 9.17) is 9.15 Å². The van der Waals surface area contributed by atoms with E-state index in [1.54, 1.807) is 13.4 Å². The summed E-state index contributed by atoms with van der Waals surface area (Å²) in [5.41, 5.74) is 2.34. The number of ether oxygens (including phenoxy) is 1. The smallest absolute Gasteiger partial charge is 0.363 e. The second-order valence-electron chi connectivity index (χ2n) is 4.44. The SMILES string of the molecule is CCC(C)c1ccc[o+]c1-c1ccc(OC)cc1. The van der Waals surface area contributed by atoms with Crippen molar-refractivity contribution in [2.45, 2.75) is 26.2 Å². The fraction of sp³-hybridized carbons (Fsp3) is 0.312. The van der Waals surface area contributed by atoms with Crippen LogP contribution in [0.4, 0.5) is 0 Å². The second-order valence-corrected chi connectivity index (χ2v) is 4.44. The highest BCUT2D eigenvalue weighted by Crippen LogP contribution is 2.31. The van der Waals surface area contributed by atoms with E-state index in [9.17, 15) is 0 Å². The first kappa shape index (κ1) is 12.6. The minimum atomic E-state index is 0.493. The first-order chi connectivity index (χ1) is 8.76. The standard InChI is InChI=1S/C16H19O2/c1-4-12(2)15-6-5-11-18-16(15)13-7-9-14(17-3)10-8-13/h5-12H,4H2,1-3H3/q+1. The fourth-order valence-corrected chi connectivity index (χ4v) is 1.98. The summed E-state index contributed by atoms with van der Waals surface area (Å²) in [5.74, 6) is 2.31. The Labute approximate surface area is 108 Å². The minimum Gasteiger partial charge on any atom is -0.497 e. The molecule has 2 rings (SSSR count). The van der Waals surface area contributed by atoms with Crippen LogP contribution in [0.5, 0.6) is 5.75 Å². The first-order valence-electron chi connectivity index (χ1n) is 6.31. The quantitative estimate of drug-likeness (QED) is 0.722. The molecule has 0 saturated carbocycles. The van der Waals surface area contributed by atoms with E-state index in [0.717, 1.165) is 23.5 Å². The van der Waals surface area contributed by atoms with Crippen molar-refractivity contribution < 1.29 is 9.15 Å². The topological polar surface area (TPSA) is 20.5 Å². The van der Waals surface area contributed by atoms with Gasteiger partial charge in [-0.25, -0.2) is 4.42 Å². The van der Waals surface area contributed by atoms with Crippen molar-refractivity contribution in [3.05, 3.63) is 48.2 Å². The van der Waals surface area contributed by atoms with E-state index in [-0.39, 0.29) is 0 Å². The molecule has 0 aliphatic carbocycles. The molecule has 0 fully saturated rings. The van der Waals surface area contributed by atoms with Gasteiger partial charge in [-0.15, -0.1) is 0 Å². The highest BCUT2D eigenvalue weighted by atomic mass is 16.5. The first-order valence-corrected chi connectivity index (χ1v) is 6.31. The summed E-state index contributed by atoms with van der Waals surface area (Å²) >= 11 is 0. The van der Waals surface area contributed by atoms with Gasteiger partial charge in [0.25, 0.3) is 0 Å². The zero-order chi connectivity index (χ0) is 13.0. The molecule has 18 heavy (non-hydrogen) atoms. The number of benzene rings is 1. The van der Waals surface area contributed by atoms with Crippen LogP contribution in [0.2, 0.25) is 0 Å². The molecule has 0 aliphatic heterocycles. The van der Waals surface area contributed by atoms with E-state index in [2.05, 4.69) is 19.9 Å². The fourth-order valence-electron chi connectivity index (χ4n) is 1.98. The second kappa shape index (κ2) is 5.67. The van der Waals surface area contributed by atoms with Gasteiger partial charge in [-0.2, -0.15) is 0 Å². The van der Waals surface area contributed by atoms with Crippen LogP contribution < -0.4 is 4.74 Å². The molecular weight excluding hydrogens is 224 g/mol. The lowest BCUT2D eigenvalue weighted by Gasteiger charge is -2.07. The third-order valence-corrected chi connectivity index (χ3v) is 3.30. The summed E-state index contributed by atoms with van der Waals surface area (Å²) in [6, 6.07) is 12.1. The largest absolute Gasteiger partial charge is 0.497 e. The van der Waals surface area contributed by atoms with Crippen molar-refractivity contribution in [3.63, 3.8) is 0 Å². The molecule has 2 aromatic rings. The lowest BCUT2D eigenvalue weighted by atomic mass is 9.95. The molecule has 0 bridgehead atoms. The summed E-state index contributed by atoms with van der Waals surface area (Å²) in [6.07, 6.45) is 2.83. The predicted molar refractivity (Wildman–Crippen MR) is 73.8 cm³/mol. The Morgan fingerprint density at radius 1 is 1.17 bits per heavy atom. The summed E-state index contributed by atoms with van der Waals surface area (Å²) in [6.45, 7) is 4.41. The van der Waals surface area contributed by atoms with E-state index in [1.807, 2.05) is 30.3 Å². The zero-order valence-corrected chi connectivity index (χ0v) is 11.1. The van der Waals surface area contributed by atoms with Gasteiger partial charge in [0.05, 0.1) is 18.2 Å². The molecule has 2 heteroatoms. The van der Waals surface area contributed by atoms with Gasteiger partial charge in [0.15, 0.2) is 0 Å². The highest BCUT2D eigenvalue weighted by molar-refractivity contribution is 5.62. The number of rotatable bonds is 4. The lowest BCUT2D eigenvalue weighted by molar-refractivity contribution is 0.415. The zero-order valence-electron chi connectivity index (χ0n) is 11.1. The van der Waals surface area contributed by atoms with Gasteiger partial charge in [-0.1, -0.05) is 13.8 Å². The number of methoxy groups -OCH3 is 1. The number of hydrogen-bond donors (Lipinski definition) is 0. The molecule has 94 valence electrons. The molecule has 0 N–H and O–H groups in total. The monoisotopic (exact) mass is 243 g/mol. The maximum Gasteiger partial charge on any atom is 0.363 e. The molecule has 0 amide bonds. The molecule has 1 atom stereocenters. The Kier molecular flexibility index (Phi) is 3.98. The number of hydrogen-bond acceptors (Lipinski definition) is 1. The van der Waals surface area contributed by atoms with Crippen molar-refractivity contribution in [3.8, 4) is 17.1 Å². The predicted octanol–water partition coefficient (Wildman–Crippen LogP) is 4.75. The van der Waals surface area contributed by atoms with Gasteiger partial charge in [-0.3, -0.25) is 0 Å². The Morgan fingerprint density at radius 2 is 1.89 bits per heavy atom. The molecule has 1 unspecified atom stereocenters. The van der Waals surface area contributed by atoms with Crippen molar-refractivity contribution in [1.82, 2.24) is 0 Å². The summed E-state index contributed by atoms with van der Waals surface area (Å²) in [7, 11) is 1.67. The van der Waals surface area contributed by atoms with E-state index >= 15 is 0 Å².